The van der Waals surface area contributed by atoms with Crippen molar-refractivity contribution in [3.63, 3.8) is 0 Å². The van der Waals surface area contributed by atoms with Gasteiger partial charge in [-0.25, -0.2) is 4.98 Å². The molecule has 0 aliphatic carbocycles. The molecule has 1 N–H and O–H groups in total. The summed E-state index contributed by atoms with van der Waals surface area (Å²) in [6, 6.07) is 4.14. The molecule has 2 aromatic heterocycles. The number of pyridine rings is 1. The second-order valence-corrected chi connectivity index (χ2v) is 5.34. The fourth-order valence-electron chi connectivity index (χ4n) is 2.55. The fraction of sp³-hybridized carbons (Fsp3) is 0.562. The highest BCUT2D eigenvalue weighted by Crippen LogP contribution is 2.13. The van der Waals surface area contributed by atoms with Crippen molar-refractivity contribution in [2.24, 2.45) is 0 Å². The fourth-order valence-corrected chi connectivity index (χ4v) is 2.55. The number of aromatic nitrogens is 2. The maximum absolute atomic E-state index is 9.22. The number of aliphatic hydroxyl groups excluding tert-OH is 1. The third kappa shape index (κ3) is 3.58. The van der Waals surface area contributed by atoms with E-state index in [0.717, 1.165) is 25.3 Å². The summed E-state index contributed by atoms with van der Waals surface area (Å²) < 4.78 is 2.15. The Morgan fingerprint density at radius 2 is 2.15 bits per heavy atom. The predicted octanol–water partition coefficient (Wildman–Crippen LogP) is 2.63. The summed E-state index contributed by atoms with van der Waals surface area (Å²) >= 11 is 0. The molecule has 0 saturated heterocycles. The van der Waals surface area contributed by atoms with E-state index in [4.69, 9.17) is 0 Å². The van der Waals surface area contributed by atoms with E-state index in [1.54, 1.807) is 0 Å². The zero-order valence-corrected chi connectivity index (χ0v) is 12.5. The van der Waals surface area contributed by atoms with E-state index in [0.29, 0.717) is 0 Å². The molecule has 0 aromatic carbocycles. The van der Waals surface area contributed by atoms with Crippen molar-refractivity contribution in [3.05, 3.63) is 35.8 Å². The van der Waals surface area contributed by atoms with Crippen LogP contribution >= 0.6 is 0 Å². The highest BCUT2D eigenvalue weighted by Gasteiger charge is 2.10. The van der Waals surface area contributed by atoms with E-state index in [-0.39, 0.29) is 6.61 Å². The minimum atomic E-state index is 0.210. The summed E-state index contributed by atoms with van der Waals surface area (Å²) in [5.74, 6) is 0. The molecular weight excluding hydrogens is 250 g/mol. The van der Waals surface area contributed by atoms with Crippen LogP contribution in [0.5, 0.6) is 0 Å². The Balaban J connectivity index is 2.09. The van der Waals surface area contributed by atoms with E-state index >= 15 is 0 Å². The molecule has 4 heteroatoms. The van der Waals surface area contributed by atoms with Crippen LogP contribution < -0.4 is 0 Å². The lowest BCUT2D eigenvalue weighted by atomic mass is 10.2. The molecule has 0 bridgehead atoms. The molecule has 2 heterocycles. The summed E-state index contributed by atoms with van der Waals surface area (Å²) in [4.78, 5) is 6.81. The van der Waals surface area contributed by atoms with Gasteiger partial charge in [-0.15, -0.1) is 0 Å². The molecule has 0 unspecified atom stereocenters. The van der Waals surface area contributed by atoms with E-state index < -0.39 is 0 Å². The Bertz CT molecular complexity index is 536. The van der Waals surface area contributed by atoms with Crippen LogP contribution in [0.15, 0.2) is 24.5 Å². The van der Waals surface area contributed by atoms with Gasteiger partial charge in [0.05, 0.1) is 18.5 Å². The van der Waals surface area contributed by atoms with Gasteiger partial charge in [-0.05, 0) is 31.5 Å². The second kappa shape index (κ2) is 7.41. The first-order valence-corrected chi connectivity index (χ1v) is 7.51. The Morgan fingerprint density at radius 3 is 2.90 bits per heavy atom. The quantitative estimate of drug-likeness (QED) is 0.753. The molecule has 110 valence electrons. The van der Waals surface area contributed by atoms with Gasteiger partial charge in [-0.3, -0.25) is 4.90 Å². The van der Waals surface area contributed by atoms with Gasteiger partial charge < -0.3 is 9.51 Å². The van der Waals surface area contributed by atoms with Gasteiger partial charge in [0, 0.05) is 19.3 Å². The molecular formula is C16H25N3O. The minimum absolute atomic E-state index is 0.210. The molecule has 0 aliphatic rings. The molecule has 0 atom stereocenters. The standard InChI is InChI=1S/C16H25N3O/c1-3-4-5-8-18(10-11-20)13-15-12-17-16-14(2)7-6-9-19(15)16/h6-7,9,12,20H,3-5,8,10-11,13H2,1-2H3. The Morgan fingerprint density at radius 1 is 1.30 bits per heavy atom. The average molecular weight is 275 g/mol. The van der Waals surface area contributed by atoms with Gasteiger partial charge in [-0.2, -0.15) is 0 Å². The van der Waals surface area contributed by atoms with Crippen molar-refractivity contribution in [3.8, 4) is 0 Å². The molecule has 20 heavy (non-hydrogen) atoms. The maximum Gasteiger partial charge on any atom is 0.139 e. The van der Waals surface area contributed by atoms with Gasteiger partial charge in [0.1, 0.15) is 5.65 Å². The number of nitrogens with zero attached hydrogens (tertiary/aromatic N) is 3. The van der Waals surface area contributed by atoms with E-state index in [1.165, 1.54) is 30.5 Å². The zero-order chi connectivity index (χ0) is 14.4. The van der Waals surface area contributed by atoms with Crippen LogP contribution in [0.25, 0.3) is 5.65 Å². The van der Waals surface area contributed by atoms with Crippen molar-refractivity contribution in [1.82, 2.24) is 14.3 Å². The molecule has 0 spiro atoms. The number of unbranched alkanes of at least 4 members (excludes halogenated alkanes) is 2. The minimum Gasteiger partial charge on any atom is -0.395 e. The summed E-state index contributed by atoms with van der Waals surface area (Å²) in [5, 5.41) is 9.22. The zero-order valence-electron chi connectivity index (χ0n) is 12.5. The van der Waals surface area contributed by atoms with Crippen molar-refractivity contribution in [2.75, 3.05) is 19.7 Å². The topological polar surface area (TPSA) is 40.8 Å². The number of hydrogen-bond acceptors (Lipinski definition) is 3. The highest BCUT2D eigenvalue weighted by molar-refractivity contribution is 5.48. The monoisotopic (exact) mass is 275 g/mol. The molecule has 0 saturated carbocycles. The first-order chi connectivity index (χ1) is 9.76. The largest absolute Gasteiger partial charge is 0.395 e. The Kier molecular flexibility index (Phi) is 5.56. The smallest absolute Gasteiger partial charge is 0.139 e. The normalized spacial score (nSPS) is 11.6. The van der Waals surface area contributed by atoms with Crippen molar-refractivity contribution in [1.29, 1.82) is 0 Å². The number of imidazole rings is 1. The number of aryl methyl sites for hydroxylation is 1. The van der Waals surface area contributed by atoms with E-state index in [1.807, 2.05) is 6.20 Å². The Hall–Kier alpha value is -1.39. The van der Waals surface area contributed by atoms with Crippen LogP contribution in [0.1, 0.15) is 37.4 Å². The van der Waals surface area contributed by atoms with Gasteiger partial charge in [0.15, 0.2) is 0 Å². The third-order valence-electron chi connectivity index (χ3n) is 3.69. The average Bonchev–Trinajstić information content (AvgIpc) is 2.84. The number of aliphatic hydroxyl groups is 1. The van der Waals surface area contributed by atoms with Crippen LogP contribution in [0.2, 0.25) is 0 Å². The van der Waals surface area contributed by atoms with Crippen molar-refractivity contribution < 1.29 is 5.11 Å². The molecule has 4 nitrogen and oxygen atoms in total. The number of hydrogen-bond donors (Lipinski definition) is 1. The maximum atomic E-state index is 9.22. The van der Waals surface area contributed by atoms with E-state index in [2.05, 4.69) is 46.5 Å². The van der Waals surface area contributed by atoms with Crippen LogP contribution in [-0.2, 0) is 6.54 Å². The summed E-state index contributed by atoms with van der Waals surface area (Å²) in [5.41, 5.74) is 3.41. The van der Waals surface area contributed by atoms with Gasteiger partial charge in [-0.1, -0.05) is 25.8 Å². The second-order valence-electron chi connectivity index (χ2n) is 5.34. The van der Waals surface area contributed by atoms with Crippen LogP contribution in [-0.4, -0.2) is 39.1 Å². The lowest BCUT2D eigenvalue weighted by molar-refractivity contribution is 0.186. The number of fused-ring (bicyclic) bond motifs is 1. The van der Waals surface area contributed by atoms with Gasteiger partial charge in [0.2, 0.25) is 0 Å². The van der Waals surface area contributed by atoms with Crippen LogP contribution in [0, 0.1) is 6.92 Å². The molecule has 0 amide bonds. The van der Waals surface area contributed by atoms with Crippen molar-refractivity contribution >= 4 is 5.65 Å². The van der Waals surface area contributed by atoms with Crippen LogP contribution in [0.3, 0.4) is 0 Å². The predicted molar refractivity (Wildman–Crippen MR) is 81.8 cm³/mol. The molecule has 0 aliphatic heterocycles. The molecule has 0 fully saturated rings. The number of rotatable bonds is 8. The Labute approximate surface area is 121 Å². The third-order valence-corrected chi connectivity index (χ3v) is 3.69. The summed E-state index contributed by atoms with van der Waals surface area (Å²) in [6.45, 7) is 7.11. The van der Waals surface area contributed by atoms with Crippen LogP contribution in [0.4, 0.5) is 0 Å². The first-order valence-electron chi connectivity index (χ1n) is 7.51. The molecule has 2 aromatic rings. The summed E-state index contributed by atoms with van der Waals surface area (Å²) in [7, 11) is 0. The van der Waals surface area contributed by atoms with Gasteiger partial charge in [0.25, 0.3) is 0 Å². The van der Waals surface area contributed by atoms with E-state index in [9.17, 15) is 5.11 Å². The SMILES string of the molecule is CCCCCN(CCO)Cc1cnc2c(C)cccn12. The summed E-state index contributed by atoms with van der Waals surface area (Å²) in [6.07, 6.45) is 7.67. The van der Waals surface area contributed by atoms with Gasteiger partial charge >= 0.3 is 0 Å². The molecule has 0 radical (unpaired) electrons. The lowest BCUT2D eigenvalue weighted by Gasteiger charge is -2.20. The van der Waals surface area contributed by atoms with Crippen molar-refractivity contribution in [2.45, 2.75) is 39.7 Å². The first kappa shape index (κ1) is 15.0. The highest BCUT2D eigenvalue weighted by atomic mass is 16.3. The lowest BCUT2D eigenvalue weighted by Crippen LogP contribution is -2.28. The molecule has 2 rings (SSSR count).